The average molecular weight is 260 g/mol. The summed E-state index contributed by atoms with van der Waals surface area (Å²) in [7, 11) is 0. The molecule has 0 spiro atoms. The maximum atomic E-state index is 11.9. The number of esters is 1. The Bertz CT molecular complexity index is 444. The highest BCUT2D eigenvalue weighted by Gasteiger charge is 2.38. The Hall–Kier alpha value is -1.64. The van der Waals surface area contributed by atoms with Crippen molar-refractivity contribution in [2.45, 2.75) is 39.0 Å². The smallest absolute Gasteiger partial charge is 0.338 e. The van der Waals surface area contributed by atoms with Gasteiger partial charge in [0.2, 0.25) is 0 Å². The molecule has 0 aromatic heterocycles. The van der Waals surface area contributed by atoms with Gasteiger partial charge >= 0.3 is 5.97 Å². The van der Waals surface area contributed by atoms with E-state index in [0.29, 0.717) is 5.56 Å². The fourth-order valence-electron chi connectivity index (χ4n) is 2.69. The van der Waals surface area contributed by atoms with Crippen LogP contribution in [0.1, 0.15) is 49.4 Å². The van der Waals surface area contributed by atoms with Gasteiger partial charge < -0.3 is 4.74 Å². The molecule has 0 atom stereocenters. The fraction of sp³-hybridized carbons (Fsp3) is 0.500. The lowest BCUT2D eigenvalue weighted by atomic mass is 9.72. The summed E-state index contributed by atoms with van der Waals surface area (Å²) in [5.41, 5.74) is 0.0971. The van der Waals surface area contributed by atoms with Gasteiger partial charge in [0.05, 0.1) is 11.0 Å². The van der Waals surface area contributed by atoms with Crippen molar-refractivity contribution >= 4 is 11.8 Å². The molecule has 1 aromatic carbocycles. The number of carbonyl (C=O) groups is 2. The molecular formula is C16H20O3. The molecule has 1 aliphatic rings. The van der Waals surface area contributed by atoms with Crippen LogP contribution in [-0.2, 0) is 9.53 Å². The van der Waals surface area contributed by atoms with Crippen LogP contribution in [0.5, 0.6) is 0 Å². The lowest BCUT2D eigenvalue weighted by Gasteiger charge is -2.34. The quantitative estimate of drug-likeness (QED) is 0.779. The molecule has 0 radical (unpaired) electrons. The molecule has 1 aromatic rings. The molecule has 1 aliphatic carbocycles. The van der Waals surface area contributed by atoms with Gasteiger partial charge in [0.1, 0.15) is 12.4 Å². The van der Waals surface area contributed by atoms with E-state index in [1.165, 1.54) is 6.42 Å². The number of rotatable bonds is 4. The number of hydrogen-bond acceptors (Lipinski definition) is 3. The summed E-state index contributed by atoms with van der Waals surface area (Å²) in [6, 6.07) is 8.91. The number of hydrogen-bond donors (Lipinski definition) is 0. The third-order valence-corrected chi connectivity index (χ3v) is 4.05. The number of ether oxygens (including phenoxy) is 1. The lowest BCUT2D eigenvalue weighted by Crippen LogP contribution is -2.37. The highest BCUT2D eigenvalue weighted by molar-refractivity contribution is 5.90. The Morgan fingerprint density at radius 2 is 1.74 bits per heavy atom. The van der Waals surface area contributed by atoms with E-state index in [2.05, 4.69) is 0 Å². The van der Waals surface area contributed by atoms with E-state index in [-0.39, 0.29) is 18.4 Å². The maximum Gasteiger partial charge on any atom is 0.338 e. The summed E-state index contributed by atoms with van der Waals surface area (Å²) in [4.78, 5) is 23.8. The van der Waals surface area contributed by atoms with E-state index >= 15 is 0 Å². The first-order chi connectivity index (χ1) is 9.14. The topological polar surface area (TPSA) is 43.4 Å². The van der Waals surface area contributed by atoms with Crippen molar-refractivity contribution in [1.82, 2.24) is 0 Å². The molecule has 3 nitrogen and oxygen atoms in total. The van der Waals surface area contributed by atoms with Crippen molar-refractivity contribution in [3.8, 4) is 0 Å². The number of Topliss-reactive ketones (excluding diaryl/α,β-unsaturated/α-hetero) is 1. The molecule has 0 aliphatic heterocycles. The minimum Gasteiger partial charge on any atom is -0.461 e. The summed E-state index contributed by atoms with van der Waals surface area (Å²) in [6.07, 6.45) is 4.93. The summed E-state index contributed by atoms with van der Waals surface area (Å²) >= 11 is 0. The summed E-state index contributed by atoms with van der Waals surface area (Å²) < 4.78 is 5.37. The predicted octanol–water partition coefficient (Wildman–Crippen LogP) is 3.38. The third-order valence-electron chi connectivity index (χ3n) is 4.05. The molecule has 0 amide bonds. The molecular weight excluding hydrogens is 240 g/mol. The molecule has 1 fully saturated rings. The summed E-state index contributed by atoms with van der Waals surface area (Å²) in [5, 5.41) is 0. The van der Waals surface area contributed by atoms with Gasteiger partial charge in [-0.1, -0.05) is 37.5 Å². The molecule has 102 valence electrons. The maximum absolute atomic E-state index is 11.9. The Balaban J connectivity index is 2.00. The molecule has 19 heavy (non-hydrogen) atoms. The zero-order valence-electron chi connectivity index (χ0n) is 11.4. The molecule has 0 unspecified atom stereocenters. The van der Waals surface area contributed by atoms with Gasteiger partial charge in [-0.2, -0.15) is 0 Å². The van der Waals surface area contributed by atoms with Crippen molar-refractivity contribution < 1.29 is 14.3 Å². The van der Waals surface area contributed by atoms with E-state index in [1.54, 1.807) is 31.2 Å². The van der Waals surface area contributed by atoms with Gasteiger partial charge in [-0.25, -0.2) is 4.79 Å². The van der Waals surface area contributed by atoms with Crippen LogP contribution in [0.3, 0.4) is 0 Å². The molecule has 0 saturated heterocycles. The van der Waals surface area contributed by atoms with Gasteiger partial charge in [0.25, 0.3) is 0 Å². The van der Waals surface area contributed by atoms with E-state index in [9.17, 15) is 9.59 Å². The van der Waals surface area contributed by atoms with Crippen molar-refractivity contribution in [1.29, 1.82) is 0 Å². The second kappa shape index (κ2) is 6.00. The van der Waals surface area contributed by atoms with Crippen molar-refractivity contribution in [2.75, 3.05) is 6.61 Å². The Labute approximate surface area is 114 Å². The Kier molecular flexibility index (Phi) is 4.35. The first-order valence-electron chi connectivity index (χ1n) is 6.87. The van der Waals surface area contributed by atoms with E-state index in [0.717, 1.165) is 25.7 Å². The van der Waals surface area contributed by atoms with E-state index < -0.39 is 5.41 Å². The molecule has 0 heterocycles. The van der Waals surface area contributed by atoms with Crippen LogP contribution in [0.25, 0.3) is 0 Å². The molecule has 3 heteroatoms. The molecule has 0 bridgehead atoms. The monoisotopic (exact) mass is 260 g/mol. The number of ketones is 1. The SMILES string of the molecule is CC(=O)C1(COC(=O)c2ccccc2)CCCCC1. The zero-order chi connectivity index (χ0) is 13.7. The van der Waals surface area contributed by atoms with Crippen LogP contribution < -0.4 is 0 Å². The van der Waals surface area contributed by atoms with Crippen LogP contribution in [0.2, 0.25) is 0 Å². The standard InChI is InChI=1S/C16H20O3/c1-13(17)16(10-6-3-7-11-16)12-19-15(18)14-8-4-2-5-9-14/h2,4-5,8-9H,3,6-7,10-12H2,1H3. The van der Waals surface area contributed by atoms with Gasteiger partial charge in [-0.15, -0.1) is 0 Å². The van der Waals surface area contributed by atoms with Gasteiger partial charge in [0.15, 0.2) is 0 Å². The highest BCUT2D eigenvalue weighted by Crippen LogP contribution is 2.37. The summed E-state index contributed by atoms with van der Waals surface area (Å²) in [6.45, 7) is 1.83. The predicted molar refractivity (Wildman–Crippen MR) is 72.9 cm³/mol. The van der Waals surface area contributed by atoms with E-state index in [4.69, 9.17) is 4.74 Å². The summed E-state index contributed by atoms with van der Waals surface area (Å²) in [5.74, 6) is -0.195. The van der Waals surface area contributed by atoms with E-state index in [1.807, 2.05) is 6.07 Å². The van der Waals surface area contributed by atoms with Crippen LogP contribution in [0.15, 0.2) is 30.3 Å². The average Bonchev–Trinajstić information content (AvgIpc) is 2.46. The van der Waals surface area contributed by atoms with Gasteiger partial charge in [0, 0.05) is 0 Å². The van der Waals surface area contributed by atoms with Gasteiger partial charge in [-0.05, 0) is 31.9 Å². The van der Waals surface area contributed by atoms with Gasteiger partial charge in [-0.3, -0.25) is 4.79 Å². The minimum atomic E-state index is -0.442. The largest absolute Gasteiger partial charge is 0.461 e. The normalized spacial score (nSPS) is 17.7. The van der Waals surface area contributed by atoms with Crippen LogP contribution >= 0.6 is 0 Å². The highest BCUT2D eigenvalue weighted by atomic mass is 16.5. The number of benzene rings is 1. The lowest BCUT2D eigenvalue weighted by molar-refractivity contribution is -0.131. The minimum absolute atomic E-state index is 0.146. The van der Waals surface area contributed by atoms with Crippen LogP contribution in [0, 0.1) is 5.41 Å². The van der Waals surface area contributed by atoms with Crippen LogP contribution in [-0.4, -0.2) is 18.4 Å². The third kappa shape index (κ3) is 3.22. The fourth-order valence-corrected chi connectivity index (χ4v) is 2.69. The first kappa shape index (κ1) is 13.8. The second-order valence-corrected chi connectivity index (χ2v) is 5.34. The first-order valence-corrected chi connectivity index (χ1v) is 6.87. The van der Waals surface area contributed by atoms with Crippen LogP contribution in [0.4, 0.5) is 0 Å². The molecule has 2 rings (SSSR count). The Morgan fingerprint density at radius 1 is 1.11 bits per heavy atom. The van der Waals surface area contributed by atoms with Crippen molar-refractivity contribution in [2.24, 2.45) is 5.41 Å². The second-order valence-electron chi connectivity index (χ2n) is 5.34. The van der Waals surface area contributed by atoms with Crippen molar-refractivity contribution in [3.63, 3.8) is 0 Å². The molecule has 1 saturated carbocycles. The Morgan fingerprint density at radius 3 is 2.32 bits per heavy atom. The number of carbonyl (C=O) groups excluding carboxylic acids is 2. The molecule has 0 N–H and O–H groups in total. The zero-order valence-corrected chi connectivity index (χ0v) is 11.4. The van der Waals surface area contributed by atoms with Crippen molar-refractivity contribution in [3.05, 3.63) is 35.9 Å².